The van der Waals surface area contributed by atoms with Gasteiger partial charge in [-0.2, -0.15) is 0 Å². The van der Waals surface area contributed by atoms with Crippen molar-refractivity contribution >= 4 is 60.9 Å². The molecule has 0 atom stereocenters. The largest absolute Gasteiger partial charge is 0.455 e. The van der Waals surface area contributed by atoms with Crippen LogP contribution in [-0.4, -0.2) is 0 Å². The lowest BCUT2D eigenvalue weighted by Gasteiger charge is -2.28. The van der Waals surface area contributed by atoms with Crippen molar-refractivity contribution < 1.29 is 13.6 Å². The summed E-state index contributed by atoms with van der Waals surface area (Å²) < 4.78 is 20.7. The monoisotopic (exact) mass is 743 g/mol. The van der Waals surface area contributed by atoms with E-state index in [1.54, 1.807) is 0 Å². The second-order valence-corrected chi connectivity index (χ2v) is 14.8. The van der Waals surface area contributed by atoms with Gasteiger partial charge in [0, 0.05) is 43.9 Å². The molecular weight excluding hydrogens is 711 g/mol. The second-order valence-electron chi connectivity index (χ2n) is 14.8. The van der Waals surface area contributed by atoms with Crippen LogP contribution in [0.15, 0.2) is 209 Å². The Labute approximate surface area is 334 Å². The van der Waals surface area contributed by atoms with Gasteiger partial charge in [0.1, 0.15) is 22.5 Å². The maximum Gasteiger partial charge on any atom is 0.160 e. The predicted molar refractivity (Wildman–Crippen MR) is 237 cm³/mol. The first-order valence-corrected chi connectivity index (χ1v) is 19.6. The third kappa shape index (κ3) is 4.95. The van der Waals surface area contributed by atoms with Crippen molar-refractivity contribution in [2.24, 2.45) is 0 Å². The summed E-state index contributed by atoms with van der Waals surface area (Å²) in [6.45, 7) is 0. The van der Waals surface area contributed by atoms with Crippen LogP contribution in [0.1, 0.15) is 0 Å². The molecule has 0 saturated carbocycles. The molecule has 272 valence electrons. The molecule has 1 aliphatic heterocycles. The molecule has 0 fully saturated rings. The fraction of sp³-hybridized carbons (Fsp3) is 0. The van der Waals surface area contributed by atoms with E-state index in [-0.39, 0.29) is 0 Å². The number of nitrogens with zero attached hydrogens (tertiary/aromatic N) is 1. The van der Waals surface area contributed by atoms with Crippen LogP contribution in [0.4, 0.5) is 17.1 Å². The normalized spacial score (nSPS) is 11.9. The Hall–Kier alpha value is -7.82. The molecular formula is C54H33NO3. The molecule has 0 radical (unpaired) electrons. The molecule has 11 aromatic rings. The van der Waals surface area contributed by atoms with Gasteiger partial charge in [-0.15, -0.1) is 0 Å². The minimum atomic E-state index is 0.769. The summed E-state index contributed by atoms with van der Waals surface area (Å²) in [5, 5.41) is 4.24. The smallest absolute Gasteiger partial charge is 0.160 e. The van der Waals surface area contributed by atoms with E-state index in [0.717, 1.165) is 117 Å². The number of rotatable bonds is 5. The maximum atomic E-state index is 7.09. The number of fused-ring (bicyclic) bond motifs is 11. The first kappa shape index (κ1) is 32.4. The highest BCUT2D eigenvalue weighted by molar-refractivity contribution is 6.20. The van der Waals surface area contributed by atoms with E-state index in [0.29, 0.717) is 0 Å². The molecule has 4 nitrogen and oxygen atoms in total. The first-order chi connectivity index (χ1) is 28.8. The molecule has 0 unspecified atom stereocenters. The Morgan fingerprint density at radius 3 is 1.74 bits per heavy atom. The van der Waals surface area contributed by atoms with Crippen molar-refractivity contribution in [2.75, 3.05) is 4.90 Å². The van der Waals surface area contributed by atoms with Gasteiger partial charge in [0.05, 0.1) is 11.4 Å². The van der Waals surface area contributed by atoms with Gasteiger partial charge in [0.25, 0.3) is 0 Å². The topological polar surface area (TPSA) is 38.8 Å². The van der Waals surface area contributed by atoms with Crippen molar-refractivity contribution in [3.05, 3.63) is 200 Å². The van der Waals surface area contributed by atoms with Gasteiger partial charge in [-0.05, 0) is 70.3 Å². The van der Waals surface area contributed by atoms with Crippen LogP contribution in [0.2, 0.25) is 0 Å². The zero-order chi connectivity index (χ0) is 38.2. The standard InChI is InChI=1S/C54H33NO3/c1-2-14-34(15-3-1)35-28-30-36(31-29-35)55(46-24-13-23-42-38-17-5-4-16-37(38)39-18-6-9-25-48(39)57-53(42)46)47-33-32-41(51-45-20-8-11-27-50(45)58-54(47)51)44-22-12-21-43-40-19-7-10-26-49(40)56-52(43)44/h1-33H. The molecule has 4 heteroatoms. The van der Waals surface area contributed by atoms with Crippen molar-refractivity contribution in [1.29, 1.82) is 0 Å². The summed E-state index contributed by atoms with van der Waals surface area (Å²) in [6.07, 6.45) is 0. The van der Waals surface area contributed by atoms with E-state index in [1.807, 2.05) is 30.3 Å². The van der Waals surface area contributed by atoms with Gasteiger partial charge in [-0.25, -0.2) is 0 Å². The number of para-hydroxylation sites is 5. The molecule has 0 N–H and O–H groups in total. The molecule has 0 saturated heterocycles. The zero-order valence-electron chi connectivity index (χ0n) is 31.2. The molecule has 1 aliphatic rings. The summed E-state index contributed by atoms with van der Waals surface area (Å²) in [5.74, 6) is 1.58. The van der Waals surface area contributed by atoms with E-state index in [2.05, 4.69) is 175 Å². The number of ether oxygens (including phenoxy) is 1. The number of anilines is 3. The van der Waals surface area contributed by atoms with Gasteiger partial charge >= 0.3 is 0 Å². The summed E-state index contributed by atoms with van der Waals surface area (Å²) in [4.78, 5) is 2.29. The lowest BCUT2D eigenvalue weighted by atomic mass is 9.94. The quantitative estimate of drug-likeness (QED) is 0.176. The Balaban J connectivity index is 1.14. The van der Waals surface area contributed by atoms with E-state index < -0.39 is 0 Å². The number of hydrogen-bond acceptors (Lipinski definition) is 4. The van der Waals surface area contributed by atoms with Crippen molar-refractivity contribution in [1.82, 2.24) is 0 Å². The molecule has 9 aromatic carbocycles. The second kappa shape index (κ2) is 12.9. The predicted octanol–water partition coefficient (Wildman–Crippen LogP) is 15.7. The molecule has 0 amide bonds. The Morgan fingerprint density at radius 2 is 0.914 bits per heavy atom. The summed E-state index contributed by atoms with van der Waals surface area (Å²) >= 11 is 0. The number of furan rings is 2. The summed E-state index contributed by atoms with van der Waals surface area (Å²) in [5.41, 5.74) is 14.7. The van der Waals surface area contributed by atoms with Crippen LogP contribution >= 0.6 is 0 Å². The average Bonchev–Trinajstić information content (AvgIpc) is 3.83. The highest BCUT2D eigenvalue weighted by Crippen LogP contribution is 2.54. The highest BCUT2D eigenvalue weighted by Gasteiger charge is 2.29. The maximum absolute atomic E-state index is 7.09. The van der Waals surface area contributed by atoms with Gasteiger partial charge in [0.15, 0.2) is 11.3 Å². The fourth-order valence-corrected chi connectivity index (χ4v) is 8.88. The van der Waals surface area contributed by atoms with Gasteiger partial charge < -0.3 is 18.5 Å². The third-order valence-corrected chi connectivity index (χ3v) is 11.5. The molecule has 12 rings (SSSR count). The van der Waals surface area contributed by atoms with Crippen LogP contribution in [0.25, 0.3) is 88.4 Å². The van der Waals surface area contributed by atoms with Gasteiger partial charge in [-0.1, -0.05) is 158 Å². The molecule has 58 heavy (non-hydrogen) atoms. The van der Waals surface area contributed by atoms with Gasteiger partial charge in [0.2, 0.25) is 0 Å². The Bertz CT molecular complexity index is 3370. The van der Waals surface area contributed by atoms with Crippen molar-refractivity contribution in [2.45, 2.75) is 0 Å². The summed E-state index contributed by atoms with van der Waals surface area (Å²) in [7, 11) is 0. The molecule has 0 aliphatic carbocycles. The van der Waals surface area contributed by atoms with E-state index in [1.165, 1.54) is 0 Å². The summed E-state index contributed by atoms with van der Waals surface area (Å²) in [6, 6.07) is 69.9. The SMILES string of the molecule is c1ccc(-c2ccc(N(c3cccc4c3Oc3ccccc3-c3ccccc3-4)c3ccc(-c4cccc5c4oc4ccccc45)c4c3oc3ccccc34)cc2)cc1. The van der Waals surface area contributed by atoms with E-state index in [4.69, 9.17) is 13.6 Å². The average molecular weight is 744 g/mol. The molecule has 0 spiro atoms. The third-order valence-electron chi connectivity index (χ3n) is 11.5. The lowest BCUT2D eigenvalue weighted by molar-refractivity contribution is 0.489. The fourth-order valence-electron chi connectivity index (χ4n) is 8.88. The Morgan fingerprint density at radius 1 is 0.328 bits per heavy atom. The molecule has 2 aromatic heterocycles. The first-order valence-electron chi connectivity index (χ1n) is 19.6. The van der Waals surface area contributed by atoms with Crippen LogP contribution < -0.4 is 9.64 Å². The van der Waals surface area contributed by atoms with Crippen LogP contribution in [-0.2, 0) is 0 Å². The number of benzene rings is 9. The highest BCUT2D eigenvalue weighted by atomic mass is 16.5. The minimum Gasteiger partial charge on any atom is -0.455 e. The van der Waals surface area contributed by atoms with E-state index >= 15 is 0 Å². The van der Waals surface area contributed by atoms with Crippen molar-refractivity contribution in [3.8, 4) is 56.0 Å². The van der Waals surface area contributed by atoms with Crippen LogP contribution in [0.3, 0.4) is 0 Å². The van der Waals surface area contributed by atoms with Gasteiger partial charge in [-0.3, -0.25) is 0 Å². The van der Waals surface area contributed by atoms with Crippen LogP contribution in [0.5, 0.6) is 11.5 Å². The zero-order valence-corrected chi connectivity index (χ0v) is 31.2. The number of hydrogen-bond donors (Lipinski definition) is 0. The van der Waals surface area contributed by atoms with E-state index in [9.17, 15) is 0 Å². The molecule has 3 heterocycles. The van der Waals surface area contributed by atoms with Crippen molar-refractivity contribution in [3.63, 3.8) is 0 Å². The Kier molecular flexibility index (Phi) is 7.20. The minimum absolute atomic E-state index is 0.769. The lowest BCUT2D eigenvalue weighted by Crippen LogP contribution is -2.12. The molecule has 0 bridgehead atoms. The van der Waals surface area contributed by atoms with Crippen LogP contribution in [0, 0.1) is 0 Å².